The minimum atomic E-state index is -0.353. The number of nitrogens with one attached hydrogen (secondary N) is 1. The highest BCUT2D eigenvalue weighted by atomic mass is 35.5. The topological polar surface area (TPSA) is 29.1 Å². The minimum Gasteiger partial charge on any atom is -0.351 e. The summed E-state index contributed by atoms with van der Waals surface area (Å²) in [5.41, 5.74) is 0.437. The van der Waals surface area contributed by atoms with Crippen molar-refractivity contribution in [2.45, 2.75) is 0 Å². The van der Waals surface area contributed by atoms with Gasteiger partial charge in [-0.05, 0) is 24.3 Å². The fourth-order valence-electron chi connectivity index (χ4n) is 0.864. The predicted octanol–water partition coefficient (Wildman–Crippen LogP) is 1.79. The summed E-state index contributed by atoms with van der Waals surface area (Å²) < 4.78 is 12.4. The van der Waals surface area contributed by atoms with Crippen LogP contribution in [0.2, 0.25) is 0 Å². The Morgan fingerprint density at radius 1 is 1.38 bits per heavy atom. The SMILES string of the molecule is O=C(NCCCl)c1ccc(F)cc1. The second-order valence-corrected chi connectivity index (χ2v) is 2.83. The van der Waals surface area contributed by atoms with E-state index in [1.54, 1.807) is 0 Å². The summed E-state index contributed by atoms with van der Waals surface area (Å²) in [5, 5.41) is 2.57. The van der Waals surface area contributed by atoms with Crippen molar-refractivity contribution in [1.29, 1.82) is 0 Å². The smallest absolute Gasteiger partial charge is 0.251 e. The van der Waals surface area contributed by atoms with Crippen molar-refractivity contribution in [3.8, 4) is 0 Å². The number of halogens is 2. The van der Waals surface area contributed by atoms with Crippen molar-refractivity contribution in [3.63, 3.8) is 0 Å². The maximum absolute atomic E-state index is 12.4. The molecule has 13 heavy (non-hydrogen) atoms. The summed E-state index contributed by atoms with van der Waals surface area (Å²) in [6.45, 7) is 0.414. The number of hydrogen-bond acceptors (Lipinski definition) is 1. The van der Waals surface area contributed by atoms with Gasteiger partial charge in [0.1, 0.15) is 5.82 Å². The molecule has 2 nitrogen and oxygen atoms in total. The number of alkyl halides is 1. The number of rotatable bonds is 3. The Morgan fingerprint density at radius 2 is 2.00 bits per heavy atom. The van der Waals surface area contributed by atoms with E-state index in [1.165, 1.54) is 24.3 Å². The van der Waals surface area contributed by atoms with Crippen LogP contribution in [0.5, 0.6) is 0 Å². The van der Waals surface area contributed by atoms with Crippen molar-refractivity contribution in [3.05, 3.63) is 35.6 Å². The lowest BCUT2D eigenvalue weighted by atomic mass is 10.2. The van der Waals surface area contributed by atoms with Crippen LogP contribution in [0.25, 0.3) is 0 Å². The Balaban J connectivity index is 2.61. The second-order valence-electron chi connectivity index (χ2n) is 2.45. The van der Waals surface area contributed by atoms with E-state index in [1.807, 2.05) is 0 Å². The second kappa shape index (κ2) is 4.82. The maximum atomic E-state index is 12.4. The molecule has 0 atom stereocenters. The fraction of sp³-hybridized carbons (Fsp3) is 0.222. The Hall–Kier alpha value is -1.09. The van der Waals surface area contributed by atoms with Crippen LogP contribution in [0, 0.1) is 5.82 Å². The highest BCUT2D eigenvalue weighted by Crippen LogP contribution is 2.01. The quantitative estimate of drug-likeness (QED) is 0.743. The molecular weight excluding hydrogens is 193 g/mol. The van der Waals surface area contributed by atoms with Gasteiger partial charge in [-0.2, -0.15) is 0 Å². The maximum Gasteiger partial charge on any atom is 0.251 e. The molecule has 0 fully saturated rings. The van der Waals surface area contributed by atoms with E-state index in [0.29, 0.717) is 18.0 Å². The number of amides is 1. The molecule has 0 aliphatic rings. The van der Waals surface area contributed by atoms with Gasteiger partial charge in [-0.1, -0.05) is 0 Å². The summed E-state index contributed by atoms with van der Waals surface area (Å²) in [7, 11) is 0. The Bertz CT molecular complexity index is 286. The van der Waals surface area contributed by atoms with Gasteiger partial charge < -0.3 is 5.32 Å². The molecule has 0 unspecified atom stereocenters. The van der Waals surface area contributed by atoms with Crippen molar-refractivity contribution >= 4 is 17.5 Å². The van der Waals surface area contributed by atoms with Gasteiger partial charge in [-0.15, -0.1) is 11.6 Å². The molecule has 0 heterocycles. The van der Waals surface area contributed by atoms with Gasteiger partial charge in [-0.25, -0.2) is 4.39 Å². The normalized spacial score (nSPS) is 9.69. The van der Waals surface area contributed by atoms with Crippen LogP contribution >= 0.6 is 11.6 Å². The van der Waals surface area contributed by atoms with Gasteiger partial charge in [0.05, 0.1) is 0 Å². The fourth-order valence-corrected chi connectivity index (χ4v) is 0.959. The van der Waals surface area contributed by atoms with Crippen LogP contribution in [-0.4, -0.2) is 18.3 Å². The van der Waals surface area contributed by atoms with E-state index in [-0.39, 0.29) is 11.7 Å². The van der Waals surface area contributed by atoms with Gasteiger partial charge >= 0.3 is 0 Å². The van der Waals surface area contributed by atoms with Crippen LogP contribution in [0.1, 0.15) is 10.4 Å². The Kier molecular flexibility index (Phi) is 3.71. The lowest BCUT2D eigenvalue weighted by Crippen LogP contribution is -2.25. The van der Waals surface area contributed by atoms with Gasteiger partial charge in [0.15, 0.2) is 0 Å². The molecule has 0 aliphatic heterocycles. The van der Waals surface area contributed by atoms with Crippen molar-refractivity contribution in [1.82, 2.24) is 5.32 Å². The number of hydrogen-bond donors (Lipinski definition) is 1. The molecule has 0 radical (unpaired) electrons. The molecule has 0 saturated carbocycles. The first kappa shape index (κ1) is 9.99. The molecule has 1 aromatic carbocycles. The summed E-state index contributed by atoms with van der Waals surface area (Å²) in [5.74, 6) is -0.220. The van der Waals surface area contributed by atoms with Gasteiger partial charge in [0, 0.05) is 18.0 Å². The summed E-state index contributed by atoms with van der Waals surface area (Å²) in [4.78, 5) is 11.2. The molecule has 1 aromatic rings. The zero-order valence-corrected chi connectivity index (χ0v) is 7.64. The molecule has 70 valence electrons. The van der Waals surface area contributed by atoms with Crippen molar-refractivity contribution < 1.29 is 9.18 Å². The monoisotopic (exact) mass is 201 g/mol. The van der Waals surface area contributed by atoms with E-state index >= 15 is 0 Å². The zero-order chi connectivity index (χ0) is 9.68. The standard InChI is InChI=1S/C9H9ClFNO/c10-5-6-12-9(13)7-1-3-8(11)4-2-7/h1-4H,5-6H2,(H,12,13). The van der Waals surface area contributed by atoms with E-state index in [9.17, 15) is 9.18 Å². The highest BCUT2D eigenvalue weighted by Gasteiger charge is 2.03. The molecular formula is C9H9ClFNO. The number of carbonyl (C=O) groups is 1. The molecule has 0 spiro atoms. The van der Waals surface area contributed by atoms with E-state index in [4.69, 9.17) is 11.6 Å². The summed E-state index contributed by atoms with van der Waals surface area (Å²) >= 11 is 5.38. The number of carbonyl (C=O) groups excluding carboxylic acids is 1. The molecule has 4 heteroatoms. The molecule has 1 rings (SSSR count). The van der Waals surface area contributed by atoms with E-state index in [0.717, 1.165) is 0 Å². The lowest BCUT2D eigenvalue weighted by Gasteiger charge is -2.01. The van der Waals surface area contributed by atoms with E-state index < -0.39 is 0 Å². The zero-order valence-electron chi connectivity index (χ0n) is 6.89. The Morgan fingerprint density at radius 3 is 2.54 bits per heavy atom. The minimum absolute atomic E-state index is 0.236. The molecule has 1 amide bonds. The third kappa shape index (κ3) is 3.03. The molecule has 0 bridgehead atoms. The first-order chi connectivity index (χ1) is 6.24. The first-order valence-corrected chi connectivity index (χ1v) is 4.37. The first-order valence-electron chi connectivity index (χ1n) is 3.84. The molecule has 1 N–H and O–H groups in total. The third-order valence-electron chi connectivity index (χ3n) is 1.49. The van der Waals surface area contributed by atoms with Crippen LogP contribution < -0.4 is 5.32 Å². The Labute approximate surface area is 80.7 Å². The average molecular weight is 202 g/mol. The molecule has 0 aromatic heterocycles. The van der Waals surface area contributed by atoms with Crippen molar-refractivity contribution in [2.24, 2.45) is 0 Å². The van der Waals surface area contributed by atoms with Gasteiger partial charge in [0.25, 0.3) is 5.91 Å². The lowest BCUT2D eigenvalue weighted by molar-refractivity contribution is 0.0956. The average Bonchev–Trinajstić information content (AvgIpc) is 2.15. The van der Waals surface area contributed by atoms with Crippen LogP contribution in [0.4, 0.5) is 4.39 Å². The van der Waals surface area contributed by atoms with Gasteiger partial charge in [0.2, 0.25) is 0 Å². The van der Waals surface area contributed by atoms with Crippen LogP contribution in [0.15, 0.2) is 24.3 Å². The largest absolute Gasteiger partial charge is 0.351 e. The summed E-state index contributed by atoms with van der Waals surface area (Å²) in [6.07, 6.45) is 0. The summed E-state index contributed by atoms with van der Waals surface area (Å²) in [6, 6.07) is 5.35. The van der Waals surface area contributed by atoms with E-state index in [2.05, 4.69) is 5.32 Å². The third-order valence-corrected chi connectivity index (χ3v) is 1.68. The van der Waals surface area contributed by atoms with Crippen LogP contribution in [0.3, 0.4) is 0 Å². The van der Waals surface area contributed by atoms with Gasteiger partial charge in [-0.3, -0.25) is 4.79 Å². The molecule has 0 aliphatic carbocycles. The van der Waals surface area contributed by atoms with Crippen LogP contribution in [-0.2, 0) is 0 Å². The highest BCUT2D eigenvalue weighted by molar-refractivity contribution is 6.18. The van der Waals surface area contributed by atoms with Crippen molar-refractivity contribution in [2.75, 3.05) is 12.4 Å². The molecule has 0 saturated heterocycles. The number of benzene rings is 1. The predicted molar refractivity (Wildman–Crippen MR) is 49.5 cm³/mol.